The molecule has 162 valence electrons. The van der Waals surface area contributed by atoms with Gasteiger partial charge in [0.25, 0.3) is 0 Å². The van der Waals surface area contributed by atoms with Crippen molar-refractivity contribution in [1.82, 2.24) is 25.0 Å². The maximum Gasteiger partial charge on any atom is 0.318 e. The summed E-state index contributed by atoms with van der Waals surface area (Å²) in [5.41, 5.74) is 5.06. The van der Waals surface area contributed by atoms with E-state index in [-0.39, 0.29) is 6.03 Å². The number of hydrogen-bond donors (Lipinski definition) is 1. The zero-order valence-corrected chi connectivity index (χ0v) is 18.5. The number of carbonyl (C=O) groups is 1. The molecule has 2 aromatic carbocycles. The number of hydrogen-bond acceptors (Lipinski definition) is 3. The summed E-state index contributed by atoms with van der Waals surface area (Å²) >= 11 is 5.96. The van der Waals surface area contributed by atoms with E-state index in [1.165, 1.54) is 0 Å². The molecule has 2 heterocycles. The Labute approximate surface area is 192 Å². The quantitative estimate of drug-likeness (QED) is 0.428. The van der Waals surface area contributed by atoms with Crippen molar-refractivity contribution in [3.8, 4) is 5.69 Å². The van der Waals surface area contributed by atoms with E-state index in [9.17, 15) is 4.79 Å². The van der Waals surface area contributed by atoms with E-state index in [1.54, 1.807) is 28.2 Å². The predicted molar refractivity (Wildman–Crippen MR) is 125 cm³/mol. The van der Waals surface area contributed by atoms with Crippen molar-refractivity contribution in [1.29, 1.82) is 0 Å². The number of nitrogens with one attached hydrogen (secondary N) is 1. The molecule has 0 aliphatic heterocycles. The average Bonchev–Trinajstić information content (AvgIpc) is 3.29. The number of urea groups is 1. The summed E-state index contributed by atoms with van der Waals surface area (Å²) < 4.78 is 1.76. The molecule has 1 N–H and O–H groups in total. The summed E-state index contributed by atoms with van der Waals surface area (Å²) in [5.74, 6) is 0. The van der Waals surface area contributed by atoms with E-state index in [0.717, 1.165) is 27.9 Å². The highest BCUT2D eigenvalue weighted by Gasteiger charge is 2.16. The van der Waals surface area contributed by atoms with Crippen LogP contribution in [-0.4, -0.2) is 25.7 Å². The molecule has 0 unspecified atom stereocenters. The molecular formula is C25H24ClN5O. The molecule has 0 fully saturated rings. The van der Waals surface area contributed by atoms with Gasteiger partial charge in [-0.3, -0.25) is 4.98 Å². The number of aromatic nitrogens is 3. The molecule has 2 amide bonds. The van der Waals surface area contributed by atoms with Gasteiger partial charge in [-0.1, -0.05) is 41.9 Å². The lowest BCUT2D eigenvalue weighted by Gasteiger charge is -2.24. The van der Waals surface area contributed by atoms with Crippen molar-refractivity contribution in [2.75, 3.05) is 0 Å². The minimum Gasteiger partial charge on any atom is -0.334 e. The van der Waals surface area contributed by atoms with Crippen LogP contribution >= 0.6 is 11.6 Å². The monoisotopic (exact) mass is 445 g/mol. The van der Waals surface area contributed by atoms with E-state index in [0.29, 0.717) is 24.7 Å². The van der Waals surface area contributed by atoms with Gasteiger partial charge in [-0.05, 0) is 53.9 Å². The highest BCUT2D eigenvalue weighted by atomic mass is 35.5. The fraction of sp³-hybridized carbons (Fsp3) is 0.160. The molecule has 32 heavy (non-hydrogen) atoms. The standard InChI is InChI=1S/C25H24ClN5O/c1-19-5-2-3-7-22(19)18-30(16-20-6-4-12-27-13-20)25(32)28-14-21-15-29-31(17-21)24-10-8-23(26)9-11-24/h2-13,15,17H,14,16,18H2,1H3,(H,28,32). The molecule has 0 aliphatic carbocycles. The predicted octanol–water partition coefficient (Wildman–Crippen LogP) is 5.14. The SMILES string of the molecule is Cc1ccccc1CN(Cc1cccnc1)C(=O)NCc1cnn(-c2ccc(Cl)cc2)c1. The highest BCUT2D eigenvalue weighted by molar-refractivity contribution is 6.30. The van der Waals surface area contributed by atoms with E-state index in [1.807, 2.05) is 54.7 Å². The fourth-order valence-corrected chi connectivity index (χ4v) is 3.51. The van der Waals surface area contributed by atoms with Crippen molar-refractivity contribution < 1.29 is 4.79 Å². The lowest BCUT2D eigenvalue weighted by atomic mass is 10.1. The van der Waals surface area contributed by atoms with Crippen molar-refractivity contribution in [3.63, 3.8) is 0 Å². The molecule has 4 rings (SSSR count). The Morgan fingerprint density at radius 2 is 1.81 bits per heavy atom. The first-order chi connectivity index (χ1) is 15.6. The molecule has 0 saturated heterocycles. The minimum absolute atomic E-state index is 0.142. The average molecular weight is 446 g/mol. The molecule has 4 aromatic rings. The van der Waals surface area contributed by atoms with Crippen LogP contribution in [-0.2, 0) is 19.6 Å². The largest absolute Gasteiger partial charge is 0.334 e. The van der Waals surface area contributed by atoms with Gasteiger partial charge in [0, 0.05) is 48.8 Å². The third kappa shape index (κ3) is 5.53. The van der Waals surface area contributed by atoms with Crippen LogP contribution in [0.3, 0.4) is 0 Å². The number of aryl methyl sites for hydroxylation is 1. The van der Waals surface area contributed by atoms with E-state index in [2.05, 4.69) is 34.5 Å². The summed E-state index contributed by atoms with van der Waals surface area (Å²) in [4.78, 5) is 19.1. The summed E-state index contributed by atoms with van der Waals surface area (Å²) in [6.07, 6.45) is 7.17. The molecule has 6 nitrogen and oxygen atoms in total. The van der Waals surface area contributed by atoms with Crippen molar-refractivity contribution in [2.45, 2.75) is 26.6 Å². The van der Waals surface area contributed by atoms with E-state index in [4.69, 9.17) is 11.6 Å². The van der Waals surface area contributed by atoms with Crippen LogP contribution in [0.4, 0.5) is 4.79 Å². The third-order valence-electron chi connectivity index (χ3n) is 5.18. The Hall–Kier alpha value is -3.64. The second kappa shape index (κ2) is 10.1. The molecular weight excluding hydrogens is 422 g/mol. The molecule has 0 atom stereocenters. The molecule has 0 bridgehead atoms. The third-order valence-corrected chi connectivity index (χ3v) is 5.43. The Bertz CT molecular complexity index is 1170. The summed E-state index contributed by atoms with van der Waals surface area (Å²) in [5, 5.41) is 8.09. The molecule has 0 spiro atoms. The number of halogens is 1. The highest BCUT2D eigenvalue weighted by Crippen LogP contribution is 2.15. The van der Waals surface area contributed by atoms with Crippen molar-refractivity contribution in [2.24, 2.45) is 0 Å². The number of amides is 2. The Morgan fingerprint density at radius 1 is 1.00 bits per heavy atom. The van der Waals surface area contributed by atoms with Crippen molar-refractivity contribution in [3.05, 3.63) is 113 Å². The van der Waals surface area contributed by atoms with Crippen LogP contribution in [0.1, 0.15) is 22.3 Å². The first kappa shape index (κ1) is 21.6. The number of nitrogens with zero attached hydrogens (tertiary/aromatic N) is 4. The molecule has 0 saturated carbocycles. The fourth-order valence-electron chi connectivity index (χ4n) is 3.38. The van der Waals surface area contributed by atoms with Crippen molar-refractivity contribution >= 4 is 17.6 Å². The Kier molecular flexibility index (Phi) is 6.82. The molecule has 0 radical (unpaired) electrons. The van der Waals surface area contributed by atoms with Crippen LogP contribution in [0, 0.1) is 6.92 Å². The van der Waals surface area contributed by atoms with E-state index < -0.39 is 0 Å². The lowest BCUT2D eigenvalue weighted by molar-refractivity contribution is 0.191. The van der Waals surface area contributed by atoms with Gasteiger partial charge in [0.05, 0.1) is 11.9 Å². The maximum atomic E-state index is 13.1. The number of pyridine rings is 1. The number of rotatable bonds is 7. The van der Waals surface area contributed by atoms with Crippen LogP contribution < -0.4 is 5.32 Å². The van der Waals surface area contributed by atoms with Crippen LogP contribution in [0.25, 0.3) is 5.69 Å². The molecule has 7 heteroatoms. The lowest BCUT2D eigenvalue weighted by Crippen LogP contribution is -2.38. The topological polar surface area (TPSA) is 63.1 Å². The zero-order chi connectivity index (χ0) is 22.3. The molecule has 0 aliphatic rings. The van der Waals surface area contributed by atoms with Gasteiger partial charge in [-0.15, -0.1) is 0 Å². The van der Waals surface area contributed by atoms with Gasteiger partial charge in [-0.2, -0.15) is 5.10 Å². The first-order valence-electron chi connectivity index (χ1n) is 10.3. The van der Waals surface area contributed by atoms with Crippen LogP contribution in [0.15, 0.2) is 85.5 Å². The van der Waals surface area contributed by atoms with Gasteiger partial charge in [0.2, 0.25) is 0 Å². The summed E-state index contributed by atoms with van der Waals surface area (Å²) in [7, 11) is 0. The minimum atomic E-state index is -0.142. The number of benzene rings is 2. The number of carbonyl (C=O) groups excluding carboxylic acids is 1. The first-order valence-corrected chi connectivity index (χ1v) is 10.7. The van der Waals surface area contributed by atoms with Gasteiger partial charge >= 0.3 is 6.03 Å². The van der Waals surface area contributed by atoms with Crippen LogP contribution in [0.5, 0.6) is 0 Å². The Morgan fingerprint density at radius 3 is 2.56 bits per heavy atom. The molecule has 2 aromatic heterocycles. The van der Waals surface area contributed by atoms with E-state index >= 15 is 0 Å². The summed E-state index contributed by atoms with van der Waals surface area (Å²) in [6.45, 7) is 3.42. The second-order valence-electron chi connectivity index (χ2n) is 7.57. The maximum absolute atomic E-state index is 13.1. The van der Waals surface area contributed by atoms with Gasteiger partial charge < -0.3 is 10.2 Å². The normalized spacial score (nSPS) is 10.7. The van der Waals surface area contributed by atoms with Gasteiger partial charge in [0.15, 0.2) is 0 Å². The smallest absolute Gasteiger partial charge is 0.318 e. The van der Waals surface area contributed by atoms with Gasteiger partial charge in [-0.25, -0.2) is 9.48 Å². The second-order valence-corrected chi connectivity index (χ2v) is 8.01. The van der Waals surface area contributed by atoms with Crippen LogP contribution in [0.2, 0.25) is 5.02 Å². The van der Waals surface area contributed by atoms with Gasteiger partial charge in [0.1, 0.15) is 0 Å². The zero-order valence-electron chi connectivity index (χ0n) is 17.8. The summed E-state index contributed by atoms with van der Waals surface area (Å²) in [6, 6.07) is 19.3. The Balaban J connectivity index is 1.45.